The second kappa shape index (κ2) is 4.90. The minimum atomic E-state index is -0.896. The Labute approximate surface area is 93.5 Å². The van der Waals surface area contributed by atoms with E-state index in [-0.39, 0.29) is 34.9 Å². The van der Waals surface area contributed by atoms with Crippen LogP contribution in [0.3, 0.4) is 0 Å². The Morgan fingerprint density at radius 2 is 1.69 bits per heavy atom. The Kier molecular flexibility index (Phi) is 4.53. The van der Waals surface area contributed by atoms with Gasteiger partial charge >= 0.3 is 29.6 Å². The molecule has 7 heteroatoms. The smallest absolute Gasteiger partial charge is 0.410 e. The average Bonchev–Trinajstić information content (AvgIpc) is 2.06. The molecule has 0 amide bonds. The summed E-state index contributed by atoms with van der Waals surface area (Å²) in [6.07, 6.45) is 0. The minimum absolute atomic E-state index is 0. The fourth-order valence-corrected chi connectivity index (χ4v) is 0.716. The Morgan fingerprint density at radius 1 is 1.08 bits per heavy atom. The number of benzene rings is 1. The molecule has 13 heavy (non-hydrogen) atoms. The fourth-order valence-electron chi connectivity index (χ4n) is 0.716. The second-order valence-corrected chi connectivity index (χ2v) is 1.96. The van der Waals surface area contributed by atoms with Gasteiger partial charge in [-0.25, -0.2) is 0 Å². The van der Waals surface area contributed by atoms with Crippen molar-refractivity contribution in [3.05, 3.63) is 43.3 Å². The number of rotatable bonds is 0. The molecular formula is C6H4N2NaO4+. The van der Waals surface area contributed by atoms with Crippen LogP contribution in [-0.2, 0) is 0 Å². The molecule has 0 aromatic heterocycles. The van der Waals surface area contributed by atoms with Gasteiger partial charge in [-0.1, -0.05) is 10.3 Å². The summed E-state index contributed by atoms with van der Waals surface area (Å²) in [5.74, 6) is 0. The Morgan fingerprint density at radius 3 is 2.15 bits per heavy atom. The minimum Gasteiger partial charge on any atom is -0.410 e. The molecule has 1 rings (SSSR count). The van der Waals surface area contributed by atoms with Gasteiger partial charge in [0.1, 0.15) is 0 Å². The maximum atomic E-state index is 10.9. The van der Waals surface area contributed by atoms with E-state index in [9.17, 15) is 9.59 Å². The van der Waals surface area contributed by atoms with Gasteiger partial charge in [0.2, 0.25) is 10.9 Å². The summed E-state index contributed by atoms with van der Waals surface area (Å²) in [5, 5.41) is 20.6. The monoisotopic (exact) mass is 191 g/mol. The van der Waals surface area contributed by atoms with Crippen LogP contribution < -0.4 is 51.1 Å². The molecule has 0 bridgehead atoms. The van der Waals surface area contributed by atoms with E-state index in [0.29, 0.717) is 0 Å². The van der Waals surface area contributed by atoms with Crippen LogP contribution in [-0.4, -0.2) is 10.4 Å². The van der Waals surface area contributed by atoms with Crippen LogP contribution in [0.1, 0.15) is 0 Å². The summed E-state index contributed by atoms with van der Waals surface area (Å²) < 4.78 is 0. The van der Waals surface area contributed by atoms with E-state index < -0.39 is 16.2 Å². The third-order valence-electron chi connectivity index (χ3n) is 1.28. The first kappa shape index (κ1) is 12.0. The summed E-state index contributed by atoms with van der Waals surface area (Å²) in [6.45, 7) is 0. The largest absolute Gasteiger partial charge is 1.00 e. The van der Waals surface area contributed by atoms with Gasteiger partial charge in [-0.05, 0) is 12.1 Å². The van der Waals surface area contributed by atoms with Gasteiger partial charge in [-0.15, -0.1) is 0 Å². The van der Waals surface area contributed by atoms with Crippen molar-refractivity contribution < 1.29 is 40.0 Å². The van der Waals surface area contributed by atoms with E-state index in [1.807, 2.05) is 0 Å². The van der Waals surface area contributed by atoms with Gasteiger partial charge in [-0.2, -0.15) is 0 Å². The molecule has 0 saturated heterocycles. The van der Waals surface area contributed by atoms with Crippen LogP contribution >= 0.6 is 0 Å². The summed E-state index contributed by atoms with van der Waals surface area (Å²) in [5.41, 5.74) is -1.61. The molecule has 0 heterocycles. The maximum Gasteiger partial charge on any atom is 1.00 e. The van der Waals surface area contributed by atoms with Gasteiger partial charge in [0.25, 0.3) is 0 Å². The molecule has 2 N–H and O–H groups in total. The molecule has 0 fully saturated rings. The summed E-state index contributed by atoms with van der Waals surface area (Å²) >= 11 is 0. The fraction of sp³-hybridized carbons (Fsp3) is 0. The van der Waals surface area contributed by atoms with Crippen molar-refractivity contribution >= 4 is 0 Å². The van der Waals surface area contributed by atoms with Crippen molar-refractivity contribution in [2.45, 2.75) is 0 Å². The van der Waals surface area contributed by atoms with Crippen LogP contribution in [0.4, 0.5) is 0 Å². The average molecular weight is 191 g/mol. The van der Waals surface area contributed by atoms with Crippen molar-refractivity contribution in [2.24, 2.45) is 10.3 Å². The van der Waals surface area contributed by atoms with E-state index in [2.05, 4.69) is 10.3 Å². The summed E-state index contributed by atoms with van der Waals surface area (Å²) in [6, 6.07) is 2.02. The molecule has 62 valence electrons. The first-order chi connectivity index (χ1) is 5.70. The molecular weight excluding hydrogens is 187 g/mol. The van der Waals surface area contributed by atoms with Crippen LogP contribution in [0.5, 0.6) is 0 Å². The van der Waals surface area contributed by atoms with Crippen molar-refractivity contribution in [3.63, 3.8) is 0 Å². The Bertz CT molecular complexity index is 501. The van der Waals surface area contributed by atoms with Crippen LogP contribution in [0, 0.1) is 0 Å². The van der Waals surface area contributed by atoms with Gasteiger partial charge < -0.3 is 10.4 Å². The number of hydrogen-bond donors (Lipinski definition) is 2. The van der Waals surface area contributed by atoms with E-state index in [4.69, 9.17) is 10.4 Å². The SMILES string of the molecule is O=c1ccc(=NO)c(=O)c1=NO.[Na+]. The third kappa shape index (κ3) is 2.24. The normalized spacial score (nSPS) is 12.6. The summed E-state index contributed by atoms with van der Waals surface area (Å²) in [7, 11) is 0. The van der Waals surface area contributed by atoms with Crippen molar-refractivity contribution in [1.82, 2.24) is 0 Å². The molecule has 0 aliphatic heterocycles. The molecule has 0 aliphatic carbocycles. The zero-order valence-electron chi connectivity index (χ0n) is 6.76. The van der Waals surface area contributed by atoms with Crippen molar-refractivity contribution in [3.8, 4) is 0 Å². The van der Waals surface area contributed by atoms with E-state index >= 15 is 0 Å². The number of nitrogens with zero attached hydrogens (tertiary/aromatic N) is 2. The molecule has 0 radical (unpaired) electrons. The van der Waals surface area contributed by atoms with Crippen LogP contribution in [0.2, 0.25) is 0 Å². The van der Waals surface area contributed by atoms with E-state index in [1.54, 1.807) is 0 Å². The van der Waals surface area contributed by atoms with E-state index in [1.165, 1.54) is 0 Å². The van der Waals surface area contributed by atoms with Gasteiger partial charge in [0, 0.05) is 0 Å². The summed E-state index contributed by atoms with van der Waals surface area (Å²) in [4.78, 5) is 21.7. The van der Waals surface area contributed by atoms with Gasteiger partial charge in [0.05, 0.1) is 0 Å². The molecule has 0 atom stereocenters. The molecule has 6 nitrogen and oxygen atoms in total. The predicted molar refractivity (Wildman–Crippen MR) is 36.1 cm³/mol. The third-order valence-corrected chi connectivity index (χ3v) is 1.28. The van der Waals surface area contributed by atoms with Gasteiger partial charge in [0.15, 0.2) is 10.7 Å². The Hall–Kier alpha value is -0.980. The predicted octanol–water partition coefficient (Wildman–Crippen LogP) is -5.13. The first-order valence-electron chi connectivity index (χ1n) is 2.92. The standard InChI is InChI=1S/C6H4N2O4.Na/c9-4-2-1-3(7-11)6(10)5(4)8-12;/h1-2,11-12H;/q;+1. The zero-order valence-corrected chi connectivity index (χ0v) is 8.76. The van der Waals surface area contributed by atoms with Crippen LogP contribution in [0.15, 0.2) is 32.0 Å². The zero-order chi connectivity index (χ0) is 9.14. The first-order valence-corrected chi connectivity index (χ1v) is 2.92. The van der Waals surface area contributed by atoms with Crippen molar-refractivity contribution in [2.75, 3.05) is 0 Å². The topological polar surface area (TPSA) is 99.3 Å². The second-order valence-electron chi connectivity index (χ2n) is 1.96. The molecule has 1 aromatic rings. The molecule has 0 spiro atoms. The quantitative estimate of drug-likeness (QED) is 0.243. The molecule has 1 aromatic carbocycles. The maximum absolute atomic E-state index is 10.9. The van der Waals surface area contributed by atoms with Gasteiger partial charge in [-0.3, -0.25) is 9.59 Å². The Balaban J connectivity index is 0.00000144. The van der Waals surface area contributed by atoms with Crippen LogP contribution in [0.25, 0.3) is 0 Å². The van der Waals surface area contributed by atoms with Crippen molar-refractivity contribution in [1.29, 1.82) is 0 Å². The molecule has 0 saturated carbocycles. The van der Waals surface area contributed by atoms with E-state index in [0.717, 1.165) is 12.1 Å². The number of hydrogen-bond acceptors (Lipinski definition) is 6. The molecule has 0 unspecified atom stereocenters. The molecule has 0 aliphatic rings.